The molecule has 1 amide bonds. The number of aromatic nitrogens is 5. The van der Waals surface area contributed by atoms with Gasteiger partial charge in [0.25, 0.3) is 5.56 Å². The zero-order chi connectivity index (χ0) is 21.6. The third kappa shape index (κ3) is 4.59. The molecule has 0 spiro atoms. The summed E-state index contributed by atoms with van der Waals surface area (Å²) in [4.78, 5) is 29.5. The number of hydrogen-bond donors (Lipinski definition) is 1. The van der Waals surface area contributed by atoms with Gasteiger partial charge in [0.15, 0.2) is 5.16 Å². The van der Waals surface area contributed by atoms with Crippen LogP contribution in [0.2, 0.25) is 0 Å². The largest absolute Gasteiger partial charge is 0.385 e. The first-order valence-electron chi connectivity index (χ1n) is 9.84. The van der Waals surface area contributed by atoms with E-state index in [4.69, 9.17) is 4.74 Å². The Labute approximate surface area is 182 Å². The number of carbonyl (C=O) groups is 1. The predicted molar refractivity (Wildman–Crippen MR) is 118 cm³/mol. The van der Waals surface area contributed by atoms with Crippen LogP contribution >= 0.6 is 11.8 Å². The maximum absolute atomic E-state index is 13.0. The van der Waals surface area contributed by atoms with E-state index >= 15 is 0 Å². The summed E-state index contributed by atoms with van der Waals surface area (Å²) in [5, 5.41) is 12.5. The van der Waals surface area contributed by atoms with Crippen molar-refractivity contribution in [2.45, 2.75) is 24.7 Å². The van der Waals surface area contributed by atoms with Crippen LogP contribution < -0.4 is 10.9 Å². The van der Waals surface area contributed by atoms with Gasteiger partial charge in [0.05, 0.1) is 28.9 Å². The number of nitrogens with zero attached hydrogens (tertiary/aromatic N) is 5. The number of amides is 1. The molecule has 0 fully saturated rings. The maximum atomic E-state index is 13.0. The van der Waals surface area contributed by atoms with Crippen molar-refractivity contribution in [3.8, 4) is 0 Å². The second kappa shape index (κ2) is 9.71. The Balaban J connectivity index is 1.58. The lowest BCUT2D eigenvalue weighted by Gasteiger charge is -2.11. The van der Waals surface area contributed by atoms with Crippen molar-refractivity contribution in [2.24, 2.45) is 0 Å². The molecule has 0 saturated carbocycles. The lowest BCUT2D eigenvalue weighted by molar-refractivity contribution is -0.118. The highest BCUT2D eigenvalue weighted by Crippen LogP contribution is 2.21. The summed E-state index contributed by atoms with van der Waals surface area (Å²) in [5.41, 5.74) is 1.39. The molecule has 1 aromatic carbocycles. The number of carbonyl (C=O) groups excluding carboxylic acids is 1. The Morgan fingerprint density at radius 1 is 1.16 bits per heavy atom. The standard InChI is InChI=1S/C21H22N6O3S/c1-30-12-6-11-26-19(29)16-8-2-3-9-17(16)27-20(26)24-25-21(27)31-14-18(28)23-13-15-7-4-5-10-22-15/h2-5,7-10H,6,11-14H2,1H3,(H,23,28). The molecule has 0 radical (unpaired) electrons. The summed E-state index contributed by atoms with van der Waals surface area (Å²) in [6, 6.07) is 12.9. The van der Waals surface area contributed by atoms with Gasteiger partial charge >= 0.3 is 0 Å². The minimum Gasteiger partial charge on any atom is -0.385 e. The number of para-hydroxylation sites is 1. The van der Waals surface area contributed by atoms with Crippen molar-refractivity contribution in [1.29, 1.82) is 0 Å². The Kier molecular flexibility index (Phi) is 6.58. The molecule has 1 N–H and O–H groups in total. The molecule has 0 aliphatic carbocycles. The van der Waals surface area contributed by atoms with Crippen LogP contribution in [0.3, 0.4) is 0 Å². The smallest absolute Gasteiger partial charge is 0.262 e. The summed E-state index contributed by atoms with van der Waals surface area (Å²) in [6.07, 6.45) is 2.37. The molecule has 0 saturated heterocycles. The number of pyridine rings is 1. The van der Waals surface area contributed by atoms with Crippen molar-refractivity contribution < 1.29 is 9.53 Å². The van der Waals surface area contributed by atoms with Crippen LogP contribution in [0.1, 0.15) is 12.1 Å². The van der Waals surface area contributed by atoms with Gasteiger partial charge in [0.2, 0.25) is 11.7 Å². The van der Waals surface area contributed by atoms with Crippen molar-refractivity contribution in [3.05, 3.63) is 64.7 Å². The molecule has 160 valence electrons. The molecule has 0 bridgehead atoms. The van der Waals surface area contributed by atoms with Gasteiger partial charge in [-0.05, 0) is 30.7 Å². The lowest BCUT2D eigenvalue weighted by Crippen LogP contribution is -2.25. The Morgan fingerprint density at radius 2 is 2.00 bits per heavy atom. The Bertz CT molecular complexity index is 1250. The molecular formula is C21H22N6O3S. The van der Waals surface area contributed by atoms with E-state index in [1.54, 1.807) is 23.9 Å². The Morgan fingerprint density at radius 3 is 2.81 bits per heavy atom. The van der Waals surface area contributed by atoms with E-state index in [2.05, 4.69) is 20.5 Å². The van der Waals surface area contributed by atoms with E-state index in [1.165, 1.54) is 11.8 Å². The monoisotopic (exact) mass is 438 g/mol. The highest BCUT2D eigenvalue weighted by atomic mass is 32.2. The first-order valence-corrected chi connectivity index (χ1v) is 10.8. The summed E-state index contributed by atoms with van der Waals surface area (Å²) >= 11 is 1.27. The SMILES string of the molecule is COCCCn1c(=O)c2ccccc2n2c(SCC(=O)NCc3ccccn3)nnc12. The average molecular weight is 439 g/mol. The molecule has 0 aliphatic rings. The minimum absolute atomic E-state index is 0.115. The summed E-state index contributed by atoms with van der Waals surface area (Å²) < 4.78 is 8.56. The Hall–Kier alpha value is -3.24. The van der Waals surface area contributed by atoms with Crippen molar-refractivity contribution in [3.63, 3.8) is 0 Å². The molecule has 3 aromatic heterocycles. The van der Waals surface area contributed by atoms with Gasteiger partial charge in [-0.25, -0.2) is 0 Å². The molecule has 31 heavy (non-hydrogen) atoms. The molecule has 4 rings (SSSR count). The number of methoxy groups -OCH3 is 1. The fraction of sp³-hybridized carbons (Fsp3) is 0.286. The molecule has 9 nitrogen and oxygen atoms in total. The van der Waals surface area contributed by atoms with E-state index in [0.29, 0.717) is 48.0 Å². The number of benzene rings is 1. The van der Waals surface area contributed by atoms with Crippen molar-refractivity contribution >= 4 is 34.3 Å². The zero-order valence-electron chi connectivity index (χ0n) is 17.0. The van der Waals surface area contributed by atoms with Gasteiger partial charge in [-0.3, -0.25) is 23.5 Å². The third-order valence-electron chi connectivity index (χ3n) is 4.73. The topological polar surface area (TPSA) is 103 Å². The summed E-state index contributed by atoms with van der Waals surface area (Å²) in [5.74, 6) is 0.492. The zero-order valence-corrected chi connectivity index (χ0v) is 17.8. The fourth-order valence-corrected chi connectivity index (χ4v) is 4.04. The fourth-order valence-electron chi connectivity index (χ4n) is 3.27. The van der Waals surface area contributed by atoms with Crippen molar-refractivity contribution in [1.82, 2.24) is 29.5 Å². The van der Waals surface area contributed by atoms with Crippen LogP contribution in [0.5, 0.6) is 0 Å². The number of ether oxygens (including phenoxy) is 1. The third-order valence-corrected chi connectivity index (χ3v) is 5.66. The number of fused-ring (bicyclic) bond motifs is 3. The van der Waals surface area contributed by atoms with Crippen LogP contribution in [0.15, 0.2) is 58.6 Å². The quantitative estimate of drug-likeness (QED) is 0.314. The molecule has 10 heteroatoms. The maximum Gasteiger partial charge on any atom is 0.262 e. The number of thioether (sulfide) groups is 1. The summed E-state index contributed by atoms with van der Waals surface area (Å²) in [7, 11) is 1.63. The molecule has 3 heterocycles. The van der Waals surface area contributed by atoms with E-state index < -0.39 is 0 Å². The van der Waals surface area contributed by atoms with Crippen LogP contribution in [-0.2, 0) is 22.6 Å². The van der Waals surface area contributed by atoms with Crippen LogP contribution in [-0.4, -0.2) is 49.5 Å². The number of nitrogens with one attached hydrogen (secondary N) is 1. The van der Waals surface area contributed by atoms with E-state index in [1.807, 2.05) is 40.8 Å². The minimum atomic E-state index is -0.134. The van der Waals surface area contributed by atoms with Crippen molar-refractivity contribution in [2.75, 3.05) is 19.5 Å². The number of rotatable bonds is 9. The molecule has 0 unspecified atom stereocenters. The van der Waals surface area contributed by atoms with Gasteiger partial charge in [0.1, 0.15) is 0 Å². The van der Waals surface area contributed by atoms with Crippen LogP contribution in [0, 0.1) is 0 Å². The molecular weight excluding hydrogens is 416 g/mol. The van der Waals surface area contributed by atoms with E-state index in [0.717, 1.165) is 5.69 Å². The number of hydrogen-bond acceptors (Lipinski definition) is 7. The first-order chi connectivity index (χ1) is 15.2. The summed E-state index contributed by atoms with van der Waals surface area (Å²) in [6.45, 7) is 1.37. The van der Waals surface area contributed by atoms with Gasteiger partial charge in [0, 0.05) is 26.5 Å². The van der Waals surface area contributed by atoms with E-state index in [-0.39, 0.29) is 17.2 Å². The second-order valence-electron chi connectivity index (χ2n) is 6.82. The lowest BCUT2D eigenvalue weighted by atomic mass is 10.2. The average Bonchev–Trinajstić information content (AvgIpc) is 3.23. The second-order valence-corrected chi connectivity index (χ2v) is 7.77. The molecule has 0 aliphatic heterocycles. The van der Waals surface area contributed by atoms with Gasteiger partial charge in [-0.2, -0.15) is 0 Å². The predicted octanol–water partition coefficient (Wildman–Crippen LogP) is 1.88. The van der Waals surface area contributed by atoms with Gasteiger partial charge in [-0.1, -0.05) is 30.0 Å². The van der Waals surface area contributed by atoms with Gasteiger partial charge in [-0.15, -0.1) is 10.2 Å². The highest BCUT2D eigenvalue weighted by Gasteiger charge is 2.17. The molecule has 4 aromatic rings. The van der Waals surface area contributed by atoms with Crippen LogP contribution in [0.4, 0.5) is 0 Å². The van der Waals surface area contributed by atoms with Gasteiger partial charge < -0.3 is 10.1 Å². The normalized spacial score (nSPS) is 11.3. The number of aryl methyl sites for hydroxylation is 1. The highest BCUT2D eigenvalue weighted by molar-refractivity contribution is 7.99. The van der Waals surface area contributed by atoms with Crippen LogP contribution in [0.25, 0.3) is 16.7 Å². The molecule has 0 atom stereocenters. The van der Waals surface area contributed by atoms with E-state index in [9.17, 15) is 9.59 Å². The first kappa shape index (κ1) is 21.0.